The van der Waals surface area contributed by atoms with Gasteiger partial charge < -0.3 is 14.2 Å². The van der Waals surface area contributed by atoms with E-state index in [9.17, 15) is 65.0 Å². The van der Waals surface area contributed by atoms with Gasteiger partial charge in [-0.2, -0.15) is 56.7 Å². The molecule has 30 heavy (non-hydrogen) atoms. The van der Waals surface area contributed by atoms with Gasteiger partial charge in [0, 0.05) is 13.5 Å². The lowest BCUT2D eigenvalue weighted by Crippen LogP contribution is -2.64. The van der Waals surface area contributed by atoms with Gasteiger partial charge in [-0.25, -0.2) is 4.39 Å². The summed E-state index contributed by atoms with van der Waals surface area (Å²) in [6.07, 6.45) is -12.2. The van der Waals surface area contributed by atoms with Crippen LogP contribution in [0.3, 0.4) is 0 Å². The van der Waals surface area contributed by atoms with E-state index in [1.54, 1.807) is 0 Å². The normalized spacial score (nSPS) is 21.2. The van der Waals surface area contributed by atoms with Crippen molar-refractivity contribution in [2.45, 2.75) is 29.6 Å². The monoisotopic (exact) mass is 498 g/mol. The highest BCUT2D eigenvalue weighted by molar-refractivity contribution is 7.87. The maximum atomic E-state index is 13.4. The molecule has 0 aromatic rings. The topological polar surface area (TPSA) is 61.8 Å². The summed E-state index contributed by atoms with van der Waals surface area (Å²) in [5.74, 6) is -17.8. The van der Waals surface area contributed by atoms with Gasteiger partial charge in [0.25, 0.3) is 0 Å². The second kappa shape index (κ2) is 9.06. The highest BCUT2D eigenvalue weighted by Crippen LogP contribution is 2.59. The van der Waals surface area contributed by atoms with E-state index in [-0.39, 0.29) is 13.0 Å². The van der Waals surface area contributed by atoms with Crippen molar-refractivity contribution in [1.29, 1.82) is 0 Å². The fraction of sp³-hybridized carbons (Fsp3) is 0.636. The molecule has 0 radical (unpaired) electrons. The molecule has 1 heterocycles. The van der Waals surface area contributed by atoms with Gasteiger partial charge in [-0.05, 0) is 0 Å². The molecule has 0 amide bonds. The molecule has 1 rings (SSSR count). The third-order valence-electron chi connectivity index (χ3n) is 2.79. The van der Waals surface area contributed by atoms with Crippen LogP contribution in [-0.2, 0) is 24.4 Å². The van der Waals surface area contributed by atoms with Crippen molar-refractivity contribution in [1.82, 2.24) is 0 Å². The van der Waals surface area contributed by atoms with Crippen LogP contribution < -0.4 is 0 Å². The zero-order valence-corrected chi connectivity index (χ0v) is 14.6. The van der Waals surface area contributed by atoms with Crippen molar-refractivity contribution in [3.63, 3.8) is 0 Å². The molecule has 19 heteroatoms. The Hall–Kier alpha value is -1.92. The Morgan fingerprint density at radius 3 is 1.77 bits per heavy atom. The van der Waals surface area contributed by atoms with Gasteiger partial charge in [0.15, 0.2) is 5.83 Å². The summed E-state index contributed by atoms with van der Waals surface area (Å²) < 4.78 is 190. The van der Waals surface area contributed by atoms with Gasteiger partial charge in [-0.3, -0.25) is 0 Å². The van der Waals surface area contributed by atoms with Crippen molar-refractivity contribution < 1.29 is 79.2 Å². The third-order valence-corrected chi connectivity index (χ3v) is 3.66. The van der Waals surface area contributed by atoms with E-state index >= 15 is 0 Å². The number of rotatable bonds is 6. The molecule has 0 spiro atoms. The summed E-state index contributed by atoms with van der Waals surface area (Å²) in [5, 5.41) is -7.07. The van der Waals surface area contributed by atoms with Crippen molar-refractivity contribution in [3.8, 4) is 0 Å². The molecule has 178 valence electrons. The smallest absolute Gasteiger partial charge is 0.409 e. The highest BCUT2D eigenvalue weighted by atomic mass is 32.3. The molecule has 0 N–H and O–H groups in total. The van der Waals surface area contributed by atoms with E-state index < -0.39 is 57.3 Å². The standard InChI is InChI=1S/C6F10O4S.C5H7F3O/c7-1(8)2-19-4(11,5(12,13)20-2)3(9,10)6(14,15)21(16,17)18;1-9-3-2-4(6)5(7)8/h;2-3H2,1H3. The molecular weight excluding hydrogens is 491 g/mol. The molecule has 0 aromatic heterocycles. The Morgan fingerprint density at radius 2 is 1.47 bits per heavy atom. The molecule has 0 aliphatic carbocycles. The summed E-state index contributed by atoms with van der Waals surface area (Å²) in [6, 6.07) is 0. The minimum absolute atomic E-state index is 0.0107. The van der Waals surface area contributed by atoms with Gasteiger partial charge in [0.05, 0.1) is 6.61 Å². The van der Waals surface area contributed by atoms with Crippen LogP contribution in [0, 0.1) is 0 Å². The lowest BCUT2D eigenvalue weighted by molar-refractivity contribution is -0.386. The molecule has 0 bridgehead atoms. The molecule has 1 aliphatic rings. The summed E-state index contributed by atoms with van der Waals surface area (Å²) >= 11 is 0. The molecule has 1 saturated heterocycles. The second-order valence-electron chi connectivity index (χ2n) is 4.80. The van der Waals surface area contributed by atoms with Gasteiger partial charge in [-0.15, -0.1) is 0 Å². The molecule has 1 aliphatic heterocycles. The lowest BCUT2D eigenvalue weighted by Gasteiger charge is -2.32. The van der Waals surface area contributed by atoms with E-state index in [1.807, 2.05) is 0 Å². The Labute approximate surface area is 157 Å². The number of methoxy groups -OCH3 is 1. The van der Waals surface area contributed by atoms with E-state index in [2.05, 4.69) is 14.2 Å². The van der Waals surface area contributed by atoms with E-state index in [1.165, 1.54) is 7.11 Å². The van der Waals surface area contributed by atoms with E-state index in [4.69, 9.17) is 0 Å². The van der Waals surface area contributed by atoms with Crippen molar-refractivity contribution >= 4 is 10.2 Å². The van der Waals surface area contributed by atoms with Crippen LogP contribution in [0.5, 0.6) is 0 Å². The maximum Gasteiger partial charge on any atom is 0.480 e. The molecule has 1 atom stereocenters. The van der Waals surface area contributed by atoms with Crippen molar-refractivity contribution in [2.24, 2.45) is 0 Å². The predicted octanol–water partition coefficient (Wildman–Crippen LogP) is 4.99. The lowest BCUT2D eigenvalue weighted by atomic mass is 10.1. The predicted molar refractivity (Wildman–Crippen MR) is 67.0 cm³/mol. The summed E-state index contributed by atoms with van der Waals surface area (Å²) in [6.45, 7) is -0.0107. The summed E-state index contributed by atoms with van der Waals surface area (Å²) in [7, 11) is -6.30. The fourth-order valence-corrected chi connectivity index (χ4v) is 1.78. The summed E-state index contributed by atoms with van der Waals surface area (Å²) in [4.78, 5) is 0. The highest BCUT2D eigenvalue weighted by Gasteiger charge is 2.90. The Kier molecular flexibility index (Phi) is 8.48. The molecule has 5 nitrogen and oxygen atoms in total. The number of hydrogen-bond acceptors (Lipinski definition) is 5. The molecule has 1 fully saturated rings. The van der Waals surface area contributed by atoms with Crippen LogP contribution in [0.2, 0.25) is 0 Å². The molecule has 1 unspecified atom stereocenters. The van der Waals surface area contributed by atoms with Gasteiger partial charge in [0.1, 0.15) is 0 Å². The first-order chi connectivity index (χ1) is 13.2. The summed E-state index contributed by atoms with van der Waals surface area (Å²) in [5.41, 5.74) is 0. The van der Waals surface area contributed by atoms with Gasteiger partial charge in [0.2, 0.25) is 0 Å². The Bertz CT molecular complexity index is 785. The first-order valence-electron chi connectivity index (χ1n) is 6.58. The largest absolute Gasteiger partial charge is 0.480 e. The Morgan fingerprint density at radius 1 is 1.00 bits per heavy atom. The van der Waals surface area contributed by atoms with Crippen LogP contribution in [0.1, 0.15) is 6.42 Å². The minimum Gasteiger partial charge on any atom is -0.409 e. The zero-order valence-electron chi connectivity index (χ0n) is 13.8. The van der Waals surface area contributed by atoms with Gasteiger partial charge >= 0.3 is 51.5 Å². The molecule has 0 aromatic carbocycles. The fourth-order valence-electron chi connectivity index (χ4n) is 1.34. The van der Waals surface area contributed by atoms with Crippen LogP contribution in [0.25, 0.3) is 0 Å². The number of halogens is 13. The van der Waals surface area contributed by atoms with Crippen LogP contribution >= 0.6 is 0 Å². The molecule has 0 saturated carbocycles. The SMILES string of the molecule is COCCC(F)=C(F)F.O=S(=O)(F)C(F)(F)C(F)(F)C1(F)OC(=C(F)F)OC1(F)F. The maximum absolute atomic E-state index is 13.4. The number of alkyl halides is 7. The first-order valence-corrected chi connectivity index (χ1v) is 7.96. The van der Waals surface area contributed by atoms with Crippen LogP contribution in [0.4, 0.5) is 56.6 Å². The quantitative estimate of drug-likeness (QED) is 0.382. The van der Waals surface area contributed by atoms with Crippen molar-refractivity contribution in [3.05, 3.63) is 23.9 Å². The van der Waals surface area contributed by atoms with Crippen LogP contribution in [-0.4, -0.2) is 45.3 Å². The number of ether oxygens (including phenoxy) is 3. The first kappa shape index (κ1) is 28.1. The van der Waals surface area contributed by atoms with E-state index in [0.29, 0.717) is 0 Å². The third kappa shape index (κ3) is 5.22. The minimum atomic E-state index is -7.62. The number of hydrogen-bond donors (Lipinski definition) is 0. The van der Waals surface area contributed by atoms with E-state index in [0.717, 1.165) is 0 Å². The van der Waals surface area contributed by atoms with Crippen molar-refractivity contribution in [2.75, 3.05) is 13.7 Å². The zero-order chi connectivity index (χ0) is 24.3. The average molecular weight is 498 g/mol. The Balaban J connectivity index is 0.000000787. The second-order valence-corrected chi connectivity index (χ2v) is 6.19. The van der Waals surface area contributed by atoms with Crippen LogP contribution in [0.15, 0.2) is 23.9 Å². The van der Waals surface area contributed by atoms with Gasteiger partial charge in [-0.1, -0.05) is 3.89 Å². The average Bonchev–Trinajstić information content (AvgIpc) is 2.83. The molecular formula is C11H7F13O5S.